The van der Waals surface area contributed by atoms with Gasteiger partial charge in [-0.1, -0.05) is 12.8 Å². The summed E-state index contributed by atoms with van der Waals surface area (Å²) in [6.45, 7) is 4.51. The first-order chi connectivity index (χ1) is 13.3. The third-order valence-electron chi connectivity index (χ3n) is 6.05. The Morgan fingerprint density at radius 2 is 2.07 bits per heavy atom. The minimum absolute atomic E-state index is 0.145. The highest BCUT2D eigenvalue weighted by Crippen LogP contribution is 2.41. The molecule has 1 spiro atoms. The second kappa shape index (κ2) is 6.80. The molecule has 0 unspecified atom stereocenters. The Balaban J connectivity index is 1.57. The van der Waals surface area contributed by atoms with Crippen molar-refractivity contribution >= 4 is 22.4 Å². The summed E-state index contributed by atoms with van der Waals surface area (Å²) in [7, 11) is 0. The molecule has 5 rings (SSSR count). The van der Waals surface area contributed by atoms with Crippen molar-refractivity contribution in [3.63, 3.8) is 0 Å². The van der Waals surface area contributed by atoms with Gasteiger partial charge < -0.3 is 10.1 Å². The van der Waals surface area contributed by atoms with Crippen LogP contribution in [0.5, 0.6) is 0 Å². The minimum Gasteiger partial charge on any atom is -0.381 e. The molecule has 27 heavy (non-hydrogen) atoms. The van der Waals surface area contributed by atoms with Gasteiger partial charge in [-0.2, -0.15) is 5.10 Å². The Bertz CT molecular complexity index is 863. The van der Waals surface area contributed by atoms with Crippen LogP contribution >= 0.6 is 0 Å². The van der Waals surface area contributed by atoms with Gasteiger partial charge in [-0.3, -0.25) is 10.3 Å². The number of hydrogen-bond acceptors (Lipinski definition) is 6. The van der Waals surface area contributed by atoms with Gasteiger partial charge in [-0.25, -0.2) is 9.67 Å². The highest BCUT2D eigenvalue weighted by Gasteiger charge is 2.39. The topological polar surface area (TPSA) is 73.2 Å². The molecular formula is C20H27N5O2. The average molecular weight is 369 g/mol. The van der Waals surface area contributed by atoms with E-state index in [0.29, 0.717) is 6.04 Å². The van der Waals surface area contributed by atoms with Gasteiger partial charge in [-0.05, 0) is 38.7 Å². The molecule has 2 aromatic heterocycles. The molecule has 7 heteroatoms. The van der Waals surface area contributed by atoms with E-state index in [9.17, 15) is 0 Å². The second-order valence-corrected chi connectivity index (χ2v) is 7.81. The molecule has 0 amide bonds. The quantitative estimate of drug-likeness (QED) is 0.862. The first-order valence-electron chi connectivity index (χ1n) is 10.1. The highest BCUT2D eigenvalue weighted by atomic mass is 16.7. The van der Waals surface area contributed by atoms with Crippen LogP contribution < -0.4 is 10.8 Å². The number of ether oxygens (including phenoxy) is 1. The largest absolute Gasteiger partial charge is 0.381 e. The van der Waals surface area contributed by atoms with Crippen molar-refractivity contribution in [2.24, 2.45) is 0 Å². The lowest BCUT2D eigenvalue weighted by molar-refractivity contribution is -0.0289. The third-order valence-corrected chi connectivity index (χ3v) is 6.05. The zero-order valence-electron chi connectivity index (χ0n) is 15.8. The molecule has 0 aromatic carbocycles. The minimum atomic E-state index is -0.145. The molecule has 0 radical (unpaired) electrons. The van der Waals surface area contributed by atoms with Crippen molar-refractivity contribution in [1.29, 1.82) is 0 Å². The van der Waals surface area contributed by atoms with Gasteiger partial charge in [-0.15, -0.1) is 0 Å². The van der Waals surface area contributed by atoms with Gasteiger partial charge in [0.05, 0.1) is 23.0 Å². The lowest BCUT2D eigenvalue weighted by atomic mass is 9.99. The molecule has 2 N–H and O–H groups in total. The van der Waals surface area contributed by atoms with E-state index in [1.54, 1.807) is 0 Å². The van der Waals surface area contributed by atoms with E-state index in [1.807, 2.05) is 17.1 Å². The van der Waals surface area contributed by atoms with Gasteiger partial charge in [0.1, 0.15) is 5.60 Å². The Hall–Kier alpha value is -2.12. The van der Waals surface area contributed by atoms with Crippen LogP contribution in [-0.2, 0) is 16.1 Å². The Kier molecular flexibility index (Phi) is 4.28. The van der Waals surface area contributed by atoms with Crippen LogP contribution in [0.25, 0.3) is 16.7 Å². The molecule has 144 valence electrons. The summed E-state index contributed by atoms with van der Waals surface area (Å²) in [5, 5.41) is 9.37. The Morgan fingerprint density at radius 1 is 1.26 bits per heavy atom. The highest BCUT2D eigenvalue weighted by molar-refractivity contribution is 5.95. The standard InChI is InChI=1S/C20H27N5O2/c1-2-25-19-16(13-22-25)18(23-14-5-9-26-10-6-14)15(12-21-19)17-11-20(27-24-17)7-3-4-8-20/h11-14,24H,2-10H2,1H3,(H,21,23). The maximum atomic E-state index is 6.01. The molecule has 0 bridgehead atoms. The van der Waals surface area contributed by atoms with Gasteiger partial charge >= 0.3 is 0 Å². The number of anilines is 1. The van der Waals surface area contributed by atoms with E-state index < -0.39 is 0 Å². The third kappa shape index (κ3) is 2.99. The van der Waals surface area contributed by atoms with E-state index in [4.69, 9.17) is 14.6 Å². The molecule has 1 saturated heterocycles. The monoisotopic (exact) mass is 369 g/mol. The lowest BCUT2D eigenvalue weighted by Gasteiger charge is -2.25. The predicted molar refractivity (Wildman–Crippen MR) is 104 cm³/mol. The number of rotatable bonds is 4. The SMILES string of the molecule is CCn1ncc2c(NC3CCOCC3)c(C3=CC4(CCCC4)ON3)cnc21. The lowest BCUT2D eigenvalue weighted by Crippen LogP contribution is -2.28. The zero-order chi connectivity index (χ0) is 18.3. The molecule has 1 saturated carbocycles. The molecule has 2 aromatic rings. The van der Waals surface area contributed by atoms with Crippen molar-refractivity contribution in [2.45, 2.75) is 63.6 Å². The van der Waals surface area contributed by atoms with Gasteiger partial charge in [0.2, 0.25) is 0 Å². The van der Waals surface area contributed by atoms with Crippen molar-refractivity contribution in [2.75, 3.05) is 18.5 Å². The first kappa shape index (κ1) is 17.0. The Labute approximate surface area is 159 Å². The van der Waals surface area contributed by atoms with Crippen molar-refractivity contribution in [1.82, 2.24) is 20.2 Å². The number of nitrogens with zero attached hydrogens (tertiary/aromatic N) is 3. The van der Waals surface area contributed by atoms with Crippen LogP contribution in [0.4, 0.5) is 5.69 Å². The van der Waals surface area contributed by atoms with Gasteiger partial charge in [0.25, 0.3) is 0 Å². The molecule has 4 heterocycles. The normalized spacial score (nSPS) is 22.3. The Morgan fingerprint density at radius 3 is 2.85 bits per heavy atom. The summed E-state index contributed by atoms with van der Waals surface area (Å²) in [5.41, 5.74) is 7.16. The van der Waals surface area contributed by atoms with E-state index >= 15 is 0 Å². The summed E-state index contributed by atoms with van der Waals surface area (Å²) < 4.78 is 7.47. The fourth-order valence-electron chi connectivity index (χ4n) is 4.50. The number of aryl methyl sites for hydroxylation is 1. The fraction of sp³-hybridized carbons (Fsp3) is 0.600. The number of fused-ring (bicyclic) bond motifs is 1. The maximum absolute atomic E-state index is 6.01. The predicted octanol–water partition coefficient (Wildman–Crippen LogP) is 3.23. The second-order valence-electron chi connectivity index (χ2n) is 7.81. The number of hydroxylamine groups is 1. The molecule has 0 atom stereocenters. The van der Waals surface area contributed by atoms with Crippen LogP contribution in [0.2, 0.25) is 0 Å². The fourth-order valence-corrected chi connectivity index (χ4v) is 4.50. The van der Waals surface area contributed by atoms with Gasteiger partial charge in [0.15, 0.2) is 5.65 Å². The average Bonchev–Trinajstić information content (AvgIpc) is 3.44. The summed E-state index contributed by atoms with van der Waals surface area (Å²) in [6, 6.07) is 0.399. The van der Waals surface area contributed by atoms with Crippen LogP contribution in [-0.4, -0.2) is 39.6 Å². The smallest absolute Gasteiger partial charge is 0.159 e. The van der Waals surface area contributed by atoms with Crippen molar-refractivity contribution in [3.8, 4) is 0 Å². The number of nitrogens with one attached hydrogen (secondary N) is 2. The van der Waals surface area contributed by atoms with Crippen LogP contribution in [0.15, 0.2) is 18.5 Å². The van der Waals surface area contributed by atoms with E-state index in [0.717, 1.165) is 73.4 Å². The summed E-state index contributed by atoms with van der Waals surface area (Å²) in [5.74, 6) is 0. The molecule has 7 nitrogen and oxygen atoms in total. The van der Waals surface area contributed by atoms with Crippen molar-refractivity contribution in [3.05, 3.63) is 24.0 Å². The molecule has 2 fully saturated rings. The van der Waals surface area contributed by atoms with E-state index in [2.05, 4.69) is 28.9 Å². The van der Waals surface area contributed by atoms with Crippen LogP contribution in [0.1, 0.15) is 51.0 Å². The molecular weight excluding hydrogens is 342 g/mol. The summed E-state index contributed by atoms with van der Waals surface area (Å²) in [4.78, 5) is 10.7. The van der Waals surface area contributed by atoms with E-state index in [-0.39, 0.29) is 5.60 Å². The van der Waals surface area contributed by atoms with Crippen LogP contribution in [0.3, 0.4) is 0 Å². The molecule has 1 aliphatic carbocycles. The van der Waals surface area contributed by atoms with Crippen LogP contribution in [0, 0.1) is 0 Å². The summed E-state index contributed by atoms with van der Waals surface area (Å²) >= 11 is 0. The molecule has 3 aliphatic rings. The number of pyridine rings is 1. The molecule has 2 aliphatic heterocycles. The van der Waals surface area contributed by atoms with Gasteiger partial charge in [0, 0.05) is 37.6 Å². The zero-order valence-corrected chi connectivity index (χ0v) is 15.8. The first-order valence-corrected chi connectivity index (χ1v) is 10.1. The number of aromatic nitrogens is 3. The van der Waals surface area contributed by atoms with E-state index in [1.165, 1.54) is 12.8 Å². The van der Waals surface area contributed by atoms with Crippen molar-refractivity contribution < 1.29 is 9.57 Å². The maximum Gasteiger partial charge on any atom is 0.159 e. The number of hydrogen-bond donors (Lipinski definition) is 2. The summed E-state index contributed by atoms with van der Waals surface area (Å²) in [6.07, 6.45) is 12.8.